The van der Waals surface area contributed by atoms with Crippen molar-refractivity contribution >= 4 is 11.4 Å². The molecule has 0 saturated carbocycles. The first-order chi connectivity index (χ1) is 9.29. The van der Waals surface area contributed by atoms with E-state index in [-0.39, 0.29) is 0 Å². The van der Waals surface area contributed by atoms with Crippen LogP contribution in [0.5, 0.6) is 11.5 Å². The number of fused-ring (bicyclic) bond motifs is 2. The minimum Gasteiger partial charge on any atom is -0.453 e. The molecule has 0 aromatic heterocycles. The number of hydrogen-bond acceptors (Lipinski definition) is 1. The van der Waals surface area contributed by atoms with Crippen molar-refractivity contribution in [1.29, 1.82) is 0 Å². The Hall–Kier alpha value is -1.96. The van der Waals surface area contributed by atoms with Crippen molar-refractivity contribution in [3.05, 3.63) is 47.5 Å². The summed E-state index contributed by atoms with van der Waals surface area (Å²) in [5.41, 5.74) is 4.58. The molecule has 19 heavy (non-hydrogen) atoms. The summed E-state index contributed by atoms with van der Waals surface area (Å²) in [5.74, 6) is 1.73. The maximum Gasteiger partial charge on any atom is 0.153 e. The molecule has 97 valence electrons. The average molecular weight is 252 g/mol. The third kappa shape index (κ3) is 2.19. The van der Waals surface area contributed by atoms with Gasteiger partial charge in [0.05, 0.1) is 0 Å². The van der Waals surface area contributed by atoms with Gasteiger partial charge in [-0.3, -0.25) is 0 Å². The molecule has 0 fully saturated rings. The molecule has 2 aromatic rings. The number of rotatable bonds is 3. The van der Waals surface area contributed by atoms with E-state index >= 15 is 0 Å². The van der Waals surface area contributed by atoms with E-state index in [1.807, 2.05) is 30.3 Å². The van der Waals surface area contributed by atoms with Gasteiger partial charge in [0.25, 0.3) is 0 Å². The predicted molar refractivity (Wildman–Crippen MR) is 77.8 cm³/mol. The van der Waals surface area contributed by atoms with Crippen LogP contribution in [0.2, 0.25) is 0 Å². The van der Waals surface area contributed by atoms with Crippen LogP contribution in [-0.2, 0) is 6.42 Å². The molecule has 3 rings (SSSR count). The van der Waals surface area contributed by atoms with Crippen molar-refractivity contribution in [3.63, 3.8) is 0 Å². The summed E-state index contributed by atoms with van der Waals surface area (Å²) in [6, 6.07) is 12.1. The molecule has 0 amide bonds. The van der Waals surface area contributed by atoms with Gasteiger partial charge in [-0.2, -0.15) is 0 Å². The Morgan fingerprint density at radius 1 is 1.05 bits per heavy atom. The molecular weight excluding hydrogens is 234 g/mol. The first-order valence-corrected chi connectivity index (χ1v) is 6.90. The number of ether oxygens (including phenoxy) is 1. The third-order valence-corrected chi connectivity index (χ3v) is 3.58. The molecule has 1 radical (unpaired) electrons. The zero-order valence-electron chi connectivity index (χ0n) is 11.4. The SMILES string of the molecule is CCCCc1c(C)ccc2c1[N]c1ccccc1O2. The Morgan fingerprint density at radius 2 is 1.89 bits per heavy atom. The standard InChI is InChI=1S/C17H18NO/c1-3-4-7-13-12(2)10-11-16-17(13)18-14-8-5-6-9-15(14)19-16/h5-6,8-11H,3-4,7H2,1-2H3. The highest BCUT2D eigenvalue weighted by molar-refractivity contribution is 5.71. The fraction of sp³-hybridized carbons (Fsp3) is 0.294. The normalized spacial score (nSPS) is 12.1. The molecule has 0 N–H and O–H groups in total. The Labute approximate surface area is 114 Å². The maximum atomic E-state index is 5.96. The molecule has 1 aliphatic heterocycles. The summed E-state index contributed by atoms with van der Waals surface area (Å²) in [7, 11) is 0. The second kappa shape index (κ2) is 4.96. The largest absolute Gasteiger partial charge is 0.453 e. The fourth-order valence-electron chi connectivity index (χ4n) is 2.46. The summed E-state index contributed by atoms with van der Waals surface area (Å²) < 4.78 is 5.96. The van der Waals surface area contributed by atoms with Crippen LogP contribution >= 0.6 is 0 Å². The van der Waals surface area contributed by atoms with Gasteiger partial charge >= 0.3 is 0 Å². The molecule has 0 spiro atoms. The molecule has 0 aliphatic carbocycles. The van der Waals surface area contributed by atoms with Crippen molar-refractivity contribution in [1.82, 2.24) is 5.32 Å². The number of benzene rings is 2. The van der Waals surface area contributed by atoms with Crippen LogP contribution in [-0.4, -0.2) is 0 Å². The van der Waals surface area contributed by atoms with Gasteiger partial charge < -0.3 is 4.74 Å². The quantitative estimate of drug-likeness (QED) is 0.642. The maximum absolute atomic E-state index is 5.96. The Kier molecular flexibility index (Phi) is 3.16. The van der Waals surface area contributed by atoms with Crippen LogP contribution in [0, 0.1) is 6.92 Å². The van der Waals surface area contributed by atoms with E-state index in [1.54, 1.807) is 0 Å². The minimum atomic E-state index is 0.847. The molecule has 2 heteroatoms. The lowest BCUT2D eigenvalue weighted by molar-refractivity contribution is 0.470. The van der Waals surface area contributed by atoms with Gasteiger partial charge in [0.2, 0.25) is 0 Å². The fourth-order valence-corrected chi connectivity index (χ4v) is 2.46. The zero-order valence-corrected chi connectivity index (χ0v) is 11.4. The van der Waals surface area contributed by atoms with Crippen molar-refractivity contribution in [3.8, 4) is 11.5 Å². The molecule has 0 saturated heterocycles. The zero-order chi connectivity index (χ0) is 13.2. The van der Waals surface area contributed by atoms with Crippen LogP contribution < -0.4 is 10.1 Å². The van der Waals surface area contributed by atoms with Gasteiger partial charge in [0, 0.05) is 0 Å². The molecule has 0 atom stereocenters. The van der Waals surface area contributed by atoms with Crippen molar-refractivity contribution in [2.24, 2.45) is 0 Å². The topological polar surface area (TPSA) is 23.3 Å². The molecule has 0 unspecified atom stereocenters. The van der Waals surface area contributed by atoms with Gasteiger partial charge in [-0.25, -0.2) is 5.32 Å². The van der Waals surface area contributed by atoms with E-state index in [1.165, 1.54) is 24.0 Å². The summed E-state index contributed by atoms with van der Waals surface area (Å²) in [5, 5.41) is 4.80. The molecule has 2 aromatic carbocycles. The van der Waals surface area contributed by atoms with E-state index in [4.69, 9.17) is 10.1 Å². The lowest BCUT2D eigenvalue weighted by Crippen LogP contribution is -2.06. The summed E-state index contributed by atoms with van der Waals surface area (Å²) in [6.07, 6.45) is 3.45. The van der Waals surface area contributed by atoms with Crippen molar-refractivity contribution in [2.75, 3.05) is 0 Å². The number of hydrogen-bond donors (Lipinski definition) is 0. The molecule has 1 heterocycles. The van der Waals surface area contributed by atoms with Crippen LogP contribution in [0.3, 0.4) is 0 Å². The first-order valence-electron chi connectivity index (χ1n) is 6.90. The monoisotopic (exact) mass is 252 g/mol. The lowest BCUT2D eigenvalue weighted by atomic mass is 9.99. The van der Waals surface area contributed by atoms with Crippen molar-refractivity contribution < 1.29 is 4.74 Å². The van der Waals surface area contributed by atoms with Gasteiger partial charge in [-0.1, -0.05) is 31.5 Å². The third-order valence-electron chi connectivity index (χ3n) is 3.58. The van der Waals surface area contributed by atoms with E-state index in [0.717, 1.165) is 29.3 Å². The molecular formula is C17H18NO. The Morgan fingerprint density at radius 3 is 2.74 bits per heavy atom. The number of nitrogens with zero attached hydrogens (tertiary/aromatic N) is 1. The van der Waals surface area contributed by atoms with E-state index in [0.29, 0.717) is 0 Å². The van der Waals surface area contributed by atoms with Crippen LogP contribution in [0.25, 0.3) is 0 Å². The number of para-hydroxylation sites is 2. The van der Waals surface area contributed by atoms with Crippen LogP contribution in [0.15, 0.2) is 36.4 Å². The Bertz CT molecular complexity index is 604. The van der Waals surface area contributed by atoms with Crippen LogP contribution in [0.4, 0.5) is 11.4 Å². The summed E-state index contributed by atoms with van der Waals surface area (Å²) in [4.78, 5) is 0. The number of aryl methyl sites for hydroxylation is 1. The smallest absolute Gasteiger partial charge is 0.153 e. The number of unbranched alkanes of at least 4 members (excludes halogenated alkanes) is 1. The van der Waals surface area contributed by atoms with E-state index in [9.17, 15) is 0 Å². The highest BCUT2D eigenvalue weighted by Gasteiger charge is 2.21. The van der Waals surface area contributed by atoms with Gasteiger partial charge in [0.15, 0.2) is 11.5 Å². The summed E-state index contributed by atoms with van der Waals surface area (Å²) >= 11 is 0. The first kappa shape index (κ1) is 12.1. The minimum absolute atomic E-state index is 0.847. The highest BCUT2D eigenvalue weighted by atomic mass is 16.5. The van der Waals surface area contributed by atoms with Gasteiger partial charge in [0.1, 0.15) is 11.4 Å². The van der Waals surface area contributed by atoms with Gasteiger partial charge in [-0.15, -0.1) is 0 Å². The second-order valence-corrected chi connectivity index (χ2v) is 4.99. The Balaban J connectivity index is 2.02. The molecule has 0 bridgehead atoms. The highest BCUT2D eigenvalue weighted by Crippen LogP contribution is 2.44. The van der Waals surface area contributed by atoms with E-state index < -0.39 is 0 Å². The molecule has 1 aliphatic rings. The lowest BCUT2D eigenvalue weighted by Gasteiger charge is -2.23. The predicted octanol–water partition coefficient (Wildman–Crippen LogP) is 5.01. The van der Waals surface area contributed by atoms with Crippen LogP contribution in [0.1, 0.15) is 30.9 Å². The average Bonchev–Trinajstić information content (AvgIpc) is 2.44. The molecule has 2 nitrogen and oxygen atoms in total. The summed E-state index contributed by atoms with van der Waals surface area (Å²) in [6.45, 7) is 4.37. The van der Waals surface area contributed by atoms with Gasteiger partial charge in [-0.05, 0) is 49.1 Å². The van der Waals surface area contributed by atoms with Crippen molar-refractivity contribution in [2.45, 2.75) is 33.1 Å². The van der Waals surface area contributed by atoms with E-state index in [2.05, 4.69) is 19.9 Å². The second-order valence-electron chi connectivity index (χ2n) is 4.99.